The van der Waals surface area contributed by atoms with E-state index in [1.54, 1.807) is 6.20 Å². The van der Waals surface area contributed by atoms with Gasteiger partial charge in [0.1, 0.15) is 4.99 Å². The van der Waals surface area contributed by atoms with E-state index < -0.39 is 0 Å². The van der Waals surface area contributed by atoms with E-state index in [1.807, 2.05) is 12.1 Å². The molecule has 0 atom stereocenters. The molecule has 0 amide bonds. The highest BCUT2D eigenvalue weighted by Crippen LogP contribution is 2.36. The van der Waals surface area contributed by atoms with Crippen LogP contribution in [0, 0.1) is 5.41 Å². The molecule has 0 aliphatic heterocycles. The number of nitrogens with two attached hydrogens (primary N) is 1. The lowest BCUT2D eigenvalue weighted by Crippen LogP contribution is -2.26. The molecule has 4 heteroatoms. The van der Waals surface area contributed by atoms with Gasteiger partial charge in [0, 0.05) is 6.20 Å². The minimum atomic E-state index is 0.335. The summed E-state index contributed by atoms with van der Waals surface area (Å²) >= 11 is 4.93. The zero-order valence-electron chi connectivity index (χ0n) is 11.7. The van der Waals surface area contributed by atoms with E-state index in [4.69, 9.17) is 22.7 Å². The zero-order valence-corrected chi connectivity index (χ0v) is 12.5. The number of hydrogen-bond acceptors (Lipinski definition) is 3. The van der Waals surface area contributed by atoms with Gasteiger partial charge in [0.2, 0.25) is 0 Å². The van der Waals surface area contributed by atoms with Gasteiger partial charge >= 0.3 is 0 Å². The molecule has 0 radical (unpaired) electrons. The highest BCUT2D eigenvalue weighted by Gasteiger charge is 2.27. The number of aromatic nitrogens is 1. The monoisotopic (exact) mass is 278 g/mol. The van der Waals surface area contributed by atoms with Crippen molar-refractivity contribution in [3.8, 4) is 0 Å². The van der Waals surface area contributed by atoms with Crippen molar-refractivity contribution in [3.05, 3.63) is 29.6 Å². The van der Waals surface area contributed by atoms with Crippen molar-refractivity contribution in [3.63, 3.8) is 0 Å². The quantitative estimate of drug-likeness (QED) is 0.859. The van der Waals surface area contributed by atoms with E-state index in [2.05, 4.69) is 18.8 Å². The molecule has 1 aromatic rings. The molecule has 1 aliphatic carbocycles. The van der Waals surface area contributed by atoms with Crippen LogP contribution in [-0.4, -0.2) is 16.1 Å². The van der Waals surface area contributed by atoms with E-state index in [9.17, 15) is 0 Å². The van der Waals surface area contributed by atoms with Crippen LogP contribution in [-0.2, 0) is 11.3 Å². The van der Waals surface area contributed by atoms with E-state index in [0.29, 0.717) is 28.8 Å². The fraction of sp³-hybridized carbons (Fsp3) is 0.600. The Bertz CT molecular complexity index is 449. The summed E-state index contributed by atoms with van der Waals surface area (Å²) in [6, 6.07) is 3.86. The van der Waals surface area contributed by atoms with Crippen LogP contribution in [0.4, 0.5) is 0 Å². The maximum absolute atomic E-state index is 5.99. The summed E-state index contributed by atoms with van der Waals surface area (Å²) in [5, 5.41) is 0. The van der Waals surface area contributed by atoms with Gasteiger partial charge < -0.3 is 10.5 Å². The van der Waals surface area contributed by atoms with Crippen molar-refractivity contribution in [2.24, 2.45) is 11.1 Å². The summed E-state index contributed by atoms with van der Waals surface area (Å²) in [7, 11) is 0. The minimum absolute atomic E-state index is 0.335. The summed E-state index contributed by atoms with van der Waals surface area (Å²) < 4.78 is 5.99. The Morgan fingerprint density at radius 1 is 1.47 bits per heavy atom. The first kappa shape index (κ1) is 14.4. The van der Waals surface area contributed by atoms with E-state index in [0.717, 1.165) is 18.4 Å². The molecule has 0 aromatic carbocycles. The van der Waals surface area contributed by atoms with Gasteiger partial charge in [-0.15, -0.1) is 0 Å². The van der Waals surface area contributed by atoms with Crippen LogP contribution in [0.1, 0.15) is 50.8 Å². The highest BCUT2D eigenvalue weighted by atomic mass is 32.1. The number of rotatable bonds is 4. The van der Waals surface area contributed by atoms with Crippen molar-refractivity contribution in [2.75, 3.05) is 0 Å². The van der Waals surface area contributed by atoms with Crippen LogP contribution >= 0.6 is 12.2 Å². The number of nitrogens with zero attached hydrogens (tertiary/aromatic N) is 1. The van der Waals surface area contributed by atoms with Crippen molar-refractivity contribution >= 4 is 17.2 Å². The molecule has 1 aliphatic rings. The first-order valence-electron chi connectivity index (χ1n) is 6.83. The van der Waals surface area contributed by atoms with Gasteiger partial charge in [-0.25, -0.2) is 0 Å². The molecule has 1 heterocycles. The Balaban J connectivity index is 1.86. The fourth-order valence-electron chi connectivity index (χ4n) is 2.45. The molecule has 1 aromatic heterocycles. The first-order chi connectivity index (χ1) is 8.96. The Hall–Kier alpha value is -1.00. The van der Waals surface area contributed by atoms with Crippen molar-refractivity contribution in [2.45, 2.75) is 52.2 Å². The maximum Gasteiger partial charge on any atom is 0.122 e. The molecule has 19 heavy (non-hydrogen) atoms. The Kier molecular flexibility index (Phi) is 4.53. The van der Waals surface area contributed by atoms with Crippen LogP contribution < -0.4 is 5.73 Å². The second kappa shape index (κ2) is 5.97. The van der Waals surface area contributed by atoms with Crippen LogP contribution in [0.3, 0.4) is 0 Å². The predicted octanol–water partition coefficient (Wildman–Crippen LogP) is 3.20. The van der Waals surface area contributed by atoms with Crippen molar-refractivity contribution in [1.82, 2.24) is 4.98 Å². The van der Waals surface area contributed by atoms with Crippen molar-refractivity contribution < 1.29 is 4.74 Å². The number of thiocarbonyl (C=S) groups is 1. The average Bonchev–Trinajstić information content (AvgIpc) is 2.38. The largest absolute Gasteiger partial charge is 0.388 e. The maximum atomic E-state index is 5.99. The topological polar surface area (TPSA) is 48.1 Å². The van der Waals surface area contributed by atoms with Gasteiger partial charge in [-0.1, -0.05) is 26.1 Å². The first-order valence-corrected chi connectivity index (χ1v) is 7.23. The third kappa shape index (κ3) is 4.25. The summed E-state index contributed by atoms with van der Waals surface area (Å²) in [6.07, 6.45) is 6.91. The molecule has 3 nitrogen and oxygen atoms in total. The van der Waals surface area contributed by atoms with Crippen molar-refractivity contribution in [1.29, 1.82) is 0 Å². The number of pyridine rings is 1. The predicted molar refractivity (Wildman–Crippen MR) is 81.0 cm³/mol. The SMILES string of the molecule is CC1(C)CCC(OCc2ccnc(C(N)=S)c2)CC1. The fourth-order valence-corrected chi connectivity index (χ4v) is 2.56. The Morgan fingerprint density at radius 3 is 2.79 bits per heavy atom. The smallest absolute Gasteiger partial charge is 0.122 e. The molecule has 0 unspecified atom stereocenters. The average molecular weight is 278 g/mol. The normalized spacial score (nSPS) is 19.3. The Labute approximate surface area is 120 Å². The highest BCUT2D eigenvalue weighted by molar-refractivity contribution is 7.80. The third-order valence-electron chi connectivity index (χ3n) is 3.85. The lowest BCUT2D eigenvalue weighted by atomic mass is 9.76. The lowest BCUT2D eigenvalue weighted by Gasteiger charge is -2.34. The second-order valence-electron chi connectivity index (χ2n) is 6.09. The molecule has 0 bridgehead atoms. The molecule has 0 spiro atoms. The third-order valence-corrected chi connectivity index (χ3v) is 4.06. The number of hydrogen-bond donors (Lipinski definition) is 1. The summed E-state index contributed by atoms with van der Waals surface area (Å²) in [4.78, 5) is 4.47. The van der Waals surface area contributed by atoms with Gasteiger partial charge in [0.25, 0.3) is 0 Å². The minimum Gasteiger partial charge on any atom is -0.388 e. The van der Waals surface area contributed by atoms with Gasteiger partial charge in [-0.2, -0.15) is 0 Å². The number of ether oxygens (including phenoxy) is 1. The van der Waals surface area contributed by atoms with Gasteiger partial charge in [0.15, 0.2) is 0 Å². The van der Waals surface area contributed by atoms with Gasteiger partial charge in [-0.3, -0.25) is 4.98 Å². The van der Waals surface area contributed by atoms with E-state index >= 15 is 0 Å². The molecule has 2 N–H and O–H groups in total. The second-order valence-corrected chi connectivity index (χ2v) is 6.53. The molecular formula is C15H22N2OS. The summed E-state index contributed by atoms with van der Waals surface area (Å²) in [6.45, 7) is 5.28. The summed E-state index contributed by atoms with van der Waals surface area (Å²) in [5.74, 6) is 0. The Morgan fingerprint density at radius 2 is 2.16 bits per heavy atom. The zero-order chi connectivity index (χ0) is 13.9. The van der Waals surface area contributed by atoms with Gasteiger partial charge in [0.05, 0.1) is 18.4 Å². The standard InChI is InChI=1S/C15H22N2OS/c1-15(2)6-3-12(4-7-15)18-10-11-5-8-17-13(9-11)14(16)19/h5,8-9,12H,3-4,6-7,10H2,1-2H3,(H2,16,19). The molecule has 1 fully saturated rings. The molecular weight excluding hydrogens is 256 g/mol. The summed E-state index contributed by atoms with van der Waals surface area (Å²) in [5.41, 5.74) is 7.81. The molecule has 0 saturated heterocycles. The lowest BCUT2D eigenvalue weighted by molar-refractivity contribution is -0.00561. The van der Waals surface area contributed by atoms with Crippen LogP contribution in [0.5, 0.6) is 0 Å². The molecule has 1 saturated carbocycles. The van der Waals surface area contributed by atoms with Crippen LogP contribution in [0.25, 0.3) is 0 Å². The van der Waals surface area contributed by atoms with E-state index in [1.165, 1.54) is 12.8 Å². The molecule has 104 valence electrons. The van der Waals surface area contributed by atoms with E-state index in [-0.39, 0.29) is 0 Å². The van der Waals surface area contributed by atoms with Crippen LogP contribution in [0.15, 0.2) is 18.3 Å². The van der Waals surface area contributed by atoms with Crippen LogP contribution in [0.2, 0.25) is 0 Å². The molecule has 2 rings (SSSR count). The van der Waals surface area contributed by atoms with Gasteiger partial charge in [-0.05, 0) is 48.8 Å².